The SMILES string of the molecule is CC.CCC=O.CCCCC.CCOc1ccc(C(CC)CC(C)CCc2ccccc2N)cc1C.CCc1cccnc1. The van der Waals surface area contributed by atoms with Gasteiger partial charge in [-0.2, -0.15) is 0 Å². The zero-order valence-electron chi connectivity index (χ0n) is 30.0. The average molecular weight is 607 g/mol. The number of hydrogen-bond acceptors (Lipinski definition) is 4. The molecule has 0 aliphatic carbocycles. The third-order valence-electron chi connectivity index (χ3n) is 7.12. The molecule has 0 saturated heterocycles. The van der Waals surface area contributed by atoms with Gasteiger partial charge in [0.05, 0.1) is 6.61 Å². The highest BCUT2D eigenvalue weighted by atomic mass is 16.5. The Morgan fingerprint density at radius 1 is 0.932 bits per heavy atom. The molecule has 2 atom stereocenters. The molecule has 0 fully saturated rings. The largest absolute Gasteiger partial charge is 0.494 e. The van der Waals surface area contributed by atoms with Crippen LogP contribution in [0.1, 0.15) is 135 Å². The number of unbranched alkanes of at least 4 members (excludes halogenated alkanes) is 2. The molecular formula is C40H66N2O2. The Kier molecular flexibility index (Phi) is 29.2. The minimum Gasteiger partial charge on any atom is -0.494 e. The van der Waals surface area contributed by atoms with Gasteiger partial charge in [-0.05, 0) is 98.2 Å². The van der Waals surface area contributed by atoms with Gasteiger partial charge >= 0.3 is 0 Å². The minimum absolute atomic E-state index is 0.609. The average Bonchev–Trinajstić information content (AvgIpc) is 3.06. The van der Waals surface area contributed by atoms with Crippen LogP contribution < -0.4 is 10.5 Å². The van der Waals surface area contributed by atoms with E-state index >= 15 is 0 Å². The molecule has 0 aliphatic heterocycles. The van der Waals surface area contributed by atoms with Gasteiger partial charge in [0.2, 0.25) is 0 Å². The predicted octanol–water partition coefficient (Wildman–Crippen LogP) is 11.6. The summed E-state index contributed by atoms with van der Waals surface area (Å²) >= 11 is 0. The molecule has 44 heavy (non-hydrogen) atoms. The van der Waals surface area contributed by atoms with Gasteiger partial charge in [-0.1, -0.05) is 111 Å². The van der Waals surface area contributed by atoms with Crippen LogP contribution in [-0.4, -0.2) is 17.9 Å². The third-order valence-corrected chi connectivity index (χ3v) is 7.12. The number of nitrogen functional groups attached to an aromatic ring is 1. The quantitative estimate of drug-likeness (QED) is 0.155. The van der Waals surface area contributed by atoms with Crippen LogP contribution in [0.25, 0.3) is 0 Å². The first kappa shape index (κ1) is 43.0. The number of aromatic nitrogens is 1. The molecule has 248 valence electrons. The summed E-state index contributed by atoms with van der Waals surface area (Å²) in [4.78, 5) is 13.1. The van der Waals surface area contributed by atoms with Gasteiger partial charge in [-0.25, -0.2) is 0 Å². The molecule has 3 rings (SSSR count). The second-order valence-electron chi connectivity index (χ2n) is 10.8. The zero-order valence-corrected chi connectivity index (χ0v) is 30.0. The summed E-state index contributed by atoms with van der Waals surface area (Å²) in [5, 5.41) is 0. The molecule has 2 unspecified atom stereocenters. The molecule has 2 aromatic carbocycles. The van der Waals surface area contributed by atoms with Crippen molar-refractivity contribution >= 4 is 12.0 Å². The van der Waals surface area contributed by atoms with Crippen molar-refractivity contribution in [2.45, 2.75) is 133 Å². The smallest absolute Gasteiger partial charge is 0.122 e. The van der Waals surface area contributed by atoms with E-state index in [0.29, 0.717) is 18.3 Å². The van der Waals surface area contributed by atoms with Crippen molar-refractivity contribution in [1.82, 2.24) is 4.98 Å². The maximum absolute atomic E-state index is 9.17. The van der Waals surface area contributed by atoms with Crippen molar-refractivity contribution in [1.29, 1.82) is 0 Å². The van der Waals surface area contributed by atoms with Crippen LogP contribution in [0, 0.1) is 12.8 Å². The Morgan fingerprint density at radius 3 is 2.02 bits per heavy atom. The summed E-state index contributed by atoms with van der Waals surface area (Å²) in [5.74, 6) is 2.29. The number of para-hydroxylation sites is 1. The maximum Gasteiger partial charge on any atom is 0.122 e. The molecule has 3 aromatic rings. The van der Waals surface area contributed by atoms with Gasteiger partial charge in [-0.3, -0.25) is 4.98 Å². The van der Waals surface area contributed by atoms with E-state index in [1.165, 1.54) is 60.8 Å². The fourth-order valence-electron chi connectivity index (χ4n) is 4.51. The summed E-state index contributed by atoms with van der Waals surface area (Å²) in [6.07, 6.45) is 15.0. The summed E-state index contributed by atoms with van der Waals surface area (Å²) < 4.78 is 5.67. The van der Waals surface area contributed by atoms with E-state index in [1.807, 2.05) is 52.1 Å². The fraction of sp³-hybridized carbons (Fsp3) is 0.550. The Labute approximate surface area is 272 Å². The molecular weight excluding hydrogens is 540 g/mol. The molecule has 0 saturated carbocycles. The molecule has 1 heterocycles. The minimum atomic E-state index is 0.609. The van der Waals surface area contributed by atoms with E-state index in [1.54, 1.807) is 6.20 Å². The molecule has 0 amide bonds. The Bertz CT molecular complexity index is 1050. The Hall–Kier alpha value is -3.14. The van der Waals surface area contributed by atoms with Gasteiger partial charge in [-0.15, -0.1) is 0 Å². The summed E-state index contributed by atoms with van der Waals surface area (Å²) in [5.41, 5.74) is 12.2. The van der Waals surface area contributed by atoms with E-state index in [4.69, 9.17) is 10.5 Å². The number of ether oxygens (including phenoxy) is 1. The molecule has 4 heteroatoms. The monoisotopic (exact) mass is 607 g/mol. The first-order valence-electron chi connectivity index (χ1n) is 17.2. The number of rotatable bonds is 13. The Balaban J connectivity index is 0. The van der Waals surface area contributed by atoms with Crippen LogP contribution in [0.5, 0.6) is 5.75 Å². The van der Waals surface area contributed by atoms with Gasteiger partial charge in [0.15, 0.2) is 0 Å². The number of nitrogens with zero attached hydrogens (tertiary/aromatic N) is 1. The van der Waals surface area contributed by atoms with Crippen molar-refractivity contribution in [2.75, 3.05) is 12.3 Å². The first-order valence-corrected chi connectivity index (χ1v) is 17.2. The van der Waals surface area contributed by atoms with Crippen LogP contribution >= 0.6 is 0 Å². The number of pyridine rings is 1. The third kappa shape index (κ3) is 20.7. The first-order chi connectivity index (χ1) is 21.3. The number of hydrogen-bond donors (Lipinski definition) is 1. The highest BCUT2D eigenvalue weighted by Gasteiger charge is 2.15. The molecule has 0 radical (unpaired) electrons. The number of nitrogens with two attached hydrogens (primary N) is 1. The highest BCUT2D eigenvalue weighted by Crippen LogP contribution is 2.32. The number of aryl methyl sites for hydroxylation is 3. The maximum atomic E-state index is 9.17. The molecule has 4 nitrogen and oxygen atoms in total. The molecule has 0 spiro atoms. The summed E-state index contributed by atoms with van der Waals surface area (Å²) in [6.45, 7) is 21.9. The highest BCUT2D eigenvalue weighted by molar-refractivity contribution is 5.48. The molecule has 0 bridgehead atoms. The lowest BCUT2D eigenvalue weighted by Crippen LogP contribution is -2.07. The lowest BCUT2D eigenvalue weighted by Gasteiger charge is -2.21. The number of aldehydes is 1. The van der Waals surface area contributed by atoms with Crippen molar-refractivity contribution in [2.24, 2.45) is 5.92 Å². The zero-order chi connectivity index (χ0) is 33.6. The van der Waals surface area contributed by atoms with Crippen molar-refractivity contribution in [3.63, 3.8) is 0 Å². The van der Waals surface area contributed by atoms with Crippen LogP contribution in [-0.2, 0) is 17.6 Å². The van der Waals surface area contributed by atoms with Crippen LogP contribution in [0.2, 0.25) is 0 Å². The Morgan fingerprint density at radius 2 is 1.59 bits per heavy atom. The van der Waals surface area contributed by atoms with E-state index in [9.17, 15) is 4.79 Å². The van der Waals surface area contributed by atoms with Crippen molar-refractivity contribution in [3.05, 3.63) is 89.2 Å². The van der Waals surface area contributed by atoms with Gasteiger partial charge in [0, 0.05) is 24.5 Å². The van der Waals surface area contributed by atoms with Crippen molar-refractivity contribution in [3.8, 4) is 5.75 Å². The lowest BCUT2D eigenvalue weighted by molar-refractivity contribution is -0.107. The predicted molar refractivity (Wildman–Crippen MR) is 195 cm³/mol. The molecule has 1 aromatic heterocycles. The van der Waals surface area contributed by atoms with Crippen LogP contribution in [0.15, 0.2) is 67.0 Å². The summed E-state index contributed by atoms with van der Waals surface area (Å²) in [7, 11) is 0. The van der Waals surface area contributed by atoms with E-state index < -0.39 is 0 Å². The van der Waals surface area contributed by atoms with E-state index in [-0.39, 0.29) is 0 Å². The molecule has 0 aliphatic rings. The number of carbonyl (C=O) groups is 1. The van der Waals surface area contributed by atoms with Crippen molar-refractivity contribution < 1.29 is 9.53 Å². The topological polar surface area (TPSA) is 65.2 Å². The molecule has 2 N–H and O–H groups in total. The lowest BCUT2D eigenvalue weighted by atomic mass is 9.84. The van der Waals surface area contributed by atoms with Gasteiger partial charge < -0.3 is 15.3 Å². The van der Waals surface area contributed by atoms with E-state index in [0.717, 1.165) is 37.2 Å². The van der Waals surface area contributed by atoms with Gasteiger partial charge in [0.1, 0.15) is 12.0 Å². The number of carbonyl (C=O) groups excluding carboxylic acids is 1. The van der Waals surface area contributed by atoms with Crippen LogP contribution in [0.3, 0.4) is 0 Å². The number of anilines is 1. The van der Waals surface area contributed by atoms with E-state index in [2.05, 4.69) is 82.9 Å². The number of benzene rings is 2. The standard InChI is InChI=1S/C23H33NO.C7H9N.C5H12.C3H6O.C2H6/c1-5-19(21-13-14-23(25-6-2)18(4)16-21)15-17(3)11-12-20-9-7-8-10-22(20)24;1-2-7-4-3-5-8-6-7;1-3-5-4-2;1-2-3-4;1-2/h7-10,13-14,16-17,19H,5-6,11-12,15,24H2,1-4H3;3-6H,2H2,1H3;3-5H2,1-2H3;3H,2H2,1H3;1-2H3. The normalized spacial score (nSPS) is 11.0. The van der Waals surface area contributed by atoms with Gasteiger partial charge in [0.25, 0.3) is 0 Å². The summed E-state index contributed by atoms with van der Waals surface area (Å²) in [6, 6.07) is 18.9. The van der Waals surface area contributed by atoms with Crippen LogP contribution in [0.4, 0.5) is 5.69 Å². The second kappa shape index (κ2) is 29.9. The second-order valence-corrected chi connectivity index (χ2v) is 10.8. The fourth-order valence-corrected chi connectivity index (χ4v) is 4.51.